The van der Waals surface area contributed by atoms with E-state index in [9.17, 15) is 4.79 Å². The van der Waals surface area contributed by atoms with Crippen LogP contribution in [0.1, 0.15) is 84.0 Å². The van der Waals surface area contributed by atoms with Crippen molar-refractivity contribution in [2.45, 2.75) is 84.0 Å². The molecule has 0 aliphatic carbocycles. The molecular weight excluding hydrogens is 328 g/mol. The first-order valence-electron chi connectivity index (χ1n) is 8.67. The Kier molecular flexibility index (Phi) is 17.5. The summed E-state index contributed by atoms with van der Waals surface area (Å²) in [6.45, 7) is 2.66. The molecule has 0 rings (SSSR count). The van der Waals surface area contributed by atoms with Crippen LogP contribution in [0.2, 0.25) is 0 Å². The van der Waals surface area contributed by atoms with Crippen molar-refractivity contribution in [3.63, 3.8) is 0 Å². The average Bonchev–Trinajstić information content (AvgIpc) is 2.49. The van der Waals surface area contributed by atoms with E-state index >= 15 is 0 Å². The van der Waals surface area contributed by atoms with Crippen LogP contribution in [0.4, 0.5) is 0 Å². The molecule has 0 fully saturated rings. The molecule has 0 aliphatic rings. The normalized spacial score (nSPS) is 11.1. The van der Waals surface area contributed by atoms with E-state index in [-0.39, 0.29) is 5.97 Å². The van der Waals surface area contributed by atoms with Crippen LogP contribution in [0, 0.1) is 0 Å². The molecule has 124 valence electrons. The number of hydrogen-bond donors (Lipinski definition) is 0. The molecule has 2 nitrogen and oxygen atoms in total. The second kappa shape index (κ2) is 17.7. The van der Waals surface area contributed by atoms with Crippen molar-refractivity contribution in [2.75, 3.05) is 11.9 Å². The van der Waals surface area contributed by atoms with Crippen LogP contribution >= 0.6 is 15.9 Å². The molecule has 0 saturated heterocycles. The van der Waals surface area contributed by atoms with Gasteiger partial charge >= 0.3 is 5.97 Å². The SMILES string of the molecule is CCCCCCC=CCOC(=O)CCCCCCCCBr. The molecule has 0 spiro atoms. The van der Waals surface area contributed by atoms with Crippen LogP contribution in [-0.4, -0.2) is 17.9 Å². The van der Waals surface area contributed by atoms with E-state index < -0.39 is 0 Å². The Labute approximate surface area is 139 Å². The second-order valence-electron chi connectivity index (χ2n) is 5.56. The Morgan fingerprint density at radius 2 is 1.57 bits per heavy atom. The summed E-state index contributed by atoms with van der Waals surface area (Å²) < 4.78 is 5.18. The smallest absolute Gasteiger partial charge is 0.306 e. The van der Waals surface area contributed by atoms with E-state index in [1.165, 1.54) is 51.4 Å². The van der Waals surface area contributed by atoms with Crippen LogP contribution in [-0.2, 0) is 9.53 Å². The predicted molar refractivity (Wildman–Crippen MR) is 95.0 cm³/mol. The molecule has 21 heavy (non-hydrogen) atoms. The lowest BCUT2D eigenvalue weighted by Gasteiger charge is -2.02. The van der Waals surface area contributed by atoms with E-state index in [2.05, 4.69) is 28.9 Å². The van der Waals surface area contributed by atoms with Crippen molar-refractivity contribution in [1.82, 2.24) is 0 Å². The third-order valence-corrected chi connectivity index (χ3v) is 4.06. The van der Waals surface area contributed by atoms with Crippen molar-refractivity contribution in [3.8, 4) is 0 Å². The second-order valence-corrected chi connectivity index (χ2v) is 6.36. The van der Waals surface area contributed by atoms with Crippen molar-refractivity contribution >= 4 is 21.9 Å². The first-order valence-corrected chi connectivity index (χ1v) is 9.80. The molecule has 0 bridgehead atoms. The van der Waals surface area contributed by atoms with Crippen LogP contribution in [0.3, 0.4) is 0 Å². The van der Waals surface area contributed by atoms with E-state index in [1.54, 1.807) is 0 Å². The van der Waals surface area contributed by atoms with Gasteiger partial charge in [0, 0.05) is 11.8 Å². The minimum absolute atomic E-state index is 0.0499. The highest BCUT2D eigenvalue weighted by Crippen LogP contribution is 2.08. The molecule has 0 amide bonds. The number of rotatable bonds is 15. The Hall–Kier alpha value is -0.310. The van der Waals surface area contributed by atoms with Crippen molar-refractivity contribution < 1.29 is 9.53 Å². The summed E-state index contributed by atoms with van der Waals surface area (Å²) in [5, 5.41) is 1.10. The van der Waals surface area contributed by atoms with Gasteiger partial charge in [-0.05, 0) is 25.7 Å². The van der Waals surface area contributed by atoms with Gasteiger partial charge in [-0.15, -0.1) is 0 Å². The minimum Gasteiger partial charge on any atom is -0.461 e. The summed E-state index contributed by atoms with van der Waals surface area (Å²) in [6.07, 6.45) is 18.1. The highest BCUT2D eigenvalue weighted by molar-refractivity contribution is 9.09. The predicted octanol–water partition coefficient (Wildman–Crippen LogP) is 6.18. The number of alkyl halides is 1. The largest absolute Gasteiger partial charge is 0.461 e. The molecule has 0 aromatic rings. The number of allylic oxidation sites excluding steroid dienone is 1. The zero-order chi connectivity index (χ0) is 15.6. The maximum Gasteiger partial charge on any atom is 0.306 e. The molecule has 0 aliphatic heterocycles. The van der Waals surface area contributed by atoms with Gasteiger partial charge < -0.3 is 4.74 Å². The summed E-state index contributed by atoms with van der Waals surface area (Å²) in [5.41, 5.74) is 0. The highest BCUT2D eigenvalue weighted by Gasteiger charge is 2.00. The van der Waals surface area contributed by atoms with Crippen LogP contribution in [0.25, 0.3) is 0 Å². The van der Waals surface area contributed by atoms with E-state index in [1.807, 2.05) is 6.08 Å². The summed E-state index contributed by atoms with van der Waals surface area (Å²) in [6, 6.07) is 0. The number of halogens is 1. The van der Waals surface area contributed by atoms with Gasteiger partial charge in [0.15, 0.2) is 0 Å². The monoisotopic (exact) mass is 360 g/mol. The van der Waals surface area contributed by atoms with Crippen LogP contribution in [0.15, 0.2) is 12.2 Å². The van der Waals surface area contributed by atoms with E-state index in [0.717, 1.165) is 24.6 Å². The third-order valence-electron chi connectivity index (χ3n) is 3.50. The topological polar surface area (TPSA) is 26.3 Å². The summed E-state index contributed by atoms with van der Waals surface area (Å²) in [4.78, 5) is 11.5. The maximum atomic E-state index is 11.5. The lowest BCUT2D eigenvalue weighted by Crippen LogP contribution is -2.03. The number of carbonyl (C=O) groups excluding carboxylic acids is 1. The van der Waals surface area contributed by atoms with Gasteiger partial charge in [0.1, 0.15) is 6.61 Å². The quantitative estimate of drug-likeness (QED) is 0.151. The molecule has 0 saturated carbocycles. The fourth-order valence-electron chi connectivity index (χ4n) is 2.16. The number of carbonyl (C=O) groups is 1. The minimum atomic E-state index is -0.0499. The highest BCUT2D eigenvalue weighted by atomic mass is 79.9. The van der Waals surface area contributed by atoms with Gasteiger partial charge in [0.05, 0.1) is 0 Å². The average molecular weight is 361 g/mol. The Bertz CT molecular complexity index is 252. The molecule has 0 N–H and O–H groups in total. The molecule has 0 aromatic heterocycles. The van der Waals surface area contributed by atoms with Crippen LogP contribution in [0.5, 0.6) is 0 Å². The van der Waals surface area contributed by atoms with E-state index in [0.29, 0.717) is 13.0 Å². The molecule has 0 aromatic carbocycles. The molecule has 0 atom stereocenters. The summed E-state index contributed by atoms with van der Waals surface area (Å²) in [7, 11) is 0. The zero-order valence-corrected chi connectivity index (χ0v) is 15.3. The first kappa shape index (κ1) is 20.7. The van der Waals surface area contributed by atoms with Crippen molar-refractivity contribution in [2.24, 2.45) is 0 Å². The van der Waals surface area contributed by atoms with Crippen molar-refractivity contribution in [1.29, 1.82) is 0 Å². The summed E-state index contributed by atoms with van der Waals surface area (Å²) >= 11 is 3.44. The zero-order valence-electron chi connectivity index (χ0n) is 13.7. The Balaban J connectivity index is 3.24. The number of esters is 1. The fraction of sp³-hybridized carbons (Fsp3) is 0.833. The molecular formula is C18H33BrO2. The van der Waals surface area contributed by atoms with E-state index in [4.69, 9.17) is 4.74 Å². The number of hydrogen-bond acceptors (Lipinski definition) is 2. The summed E-state index contributed by atoms with van der Waals surface area (Å²) in [5.74, 6) is -0.0499. The lowest BCUT2D eigenvalue weighted by atomic mass is 10.1. The van der Waals surface area contributed by atoms with Gasteiger partial charge in [0.25, 0.3) is 0 Å². The number of unbranched alkanes of at least 4 members (excludes halogenated alkanes) is 9. The fourth-order valence-corrected chi connectivity index (χ4v) is 2.56. The third kappa shape index (κ3) is 17.6. The van der Waals surface area contributed by atoms with Gasteiger partial charge in [-0.25, -0.2) is 0 Å². The van der Waals surface area contributed by atoms with Crippen LogP contribution < -0.4 is 0 Å². The number of ether oxygens (including phenoxy) is 1. The standard InChI is InChI=1S/C18H33BrO2/c1-2-3-4-5-8-11-14-17-21-18(20)15-12-9-6-7-10-13-16-19/h11,14H,2-10,12-13,15-17H2,1H3. The van der Waals surface area contributed by atoms with Gasteiger partial charge in [-0.1, -0.05) is 80.0 Å². The van der Waals surface area contributed by atoms with Gasteiger partial charge in [-0.3, -0.25) is 4.79 Å². The maximum absolute atomic E-state index is 11.5. The van der Waals surface area contributed by atoms with Gasteiger partial charge in [0.2, 0.25) is 0 Å². The Morgan fingerprint density at radius 1 is 0.905 bits per heavy atom. The molecule has 0 heterocycles. The Morgan fingerprint density at radius 3 is 2.29 bits per heavy atom. The molecule has 0 radical (unpaired) electrons. The lowest BCUT2D eigenvalue weighted by molar-refractivity contribution is -0.142. The molecule has 0 unspecified atom stereocenters. The first-order chi connectivity index (χ1) is 10.3. The molecule has 3 heteroatoms. The van der Waals surface area contributed by atoms with Gasteiger partial charge in [-0.2, -0.15) is 0 Å². The van der Waals surface area contributed by atoms with Crippen molar-refractivity contribution in [3.05, 3.63) is 12.2 Å².